The van der Waals surface area contributed by atoms with Gasteiger partial charge < -0.3 is 20.0 Å². The van der Waals surface area contributed by atoms with Crippen molar-refractivity contribution in [2.24, 2.45) is 0 Å². The molecule has 7 nitrogen and oxygen atoms in total. The largest absolute Gasteiger partial charge is 0.508 e. The number of carbonyl (C=O) groups excluding carboxylic acids is 1. The zero-order valence-corrected chi connectivity index (χ0v) is 13.8. The molecule has 1 aromatic carbocycles. The second-order valence-electron chi connectivity index (χ2n) is 6.24. The SMILES string of the molecule is Cc1c(CC(=O)O)c2cc(O)ccc2n1C(=O)N1CCN(C)CC1. The van der Waals surface area contributed by atoms with Crippen LogP contribution in [-0.2, 0) is 11.2 Å². The molecular weight excluding hydrogens is 310 g/mol. The van der Waals surface area contributed by atoms with Crippen molar-refractivity contribution < 1.29 is 19.8 Å². The van der Waals surface area contributed by atoms with E-state index in [1.807, 2.05) is 7.05 Å². The molecule has 0 bridgehead atoms. The summed E-state index contributed by atoms with van der Waals surface area (Å²) in [6, 6.07) is 4.55. The average molecular weight is 331 g/mol. The molecule has 1 aromatic heterocycles. The molecule has 0 saturated carbocycles. The number of carbonyl (C=O) groups is 2. The predicted molar refractivity (Wildman–Crippen MR) is 89.5 cm³/mol. The van der Waals surface area contributed by atoms with Gasteiger partial charge in [0.1, 0.15) is 5.75 Å². The van der Waals surface area contributed by atoms with Crippen LogP contribution in [0.15, 0.2) is 18.2 Å². The number of piperazine rings is 1. The fourth-order valence-corrected chi connectivity index (χ4v) is 3.23. The lowest BCUT2D eigenvalue weighted by molar-refractivity contribution is -0.136. The highest BCUT2D eigenvalue weighted by molar-refractivity contribution is 5.97. The third kappa shape index (κ3) is 2.82. The number of benzene rings is 1. The van der Waals surface area contributed by atoms with Crippen molar-refractivity contribution in [3.8, 4) is 5.75 Å². The van der Waals surface area contributed by atoms with E-state index in [1.165, 1.54) is 12.1 Å². The molecule has 24 heavy (non-hydrogen) atoms. The van der Waals surface area contributed by atoms with Crippen molar-refractivity contribution in [2.75, 3.05) is 33.2 Å². The van der Waals surface area contributed by atoms with Gasteiger partial charge in [0, 0.05) is 37.3 Å². The summed E-state index contributed by atoms with van der Waals surface area (Å²) in [5.41, 5.74) is 1.81. The Morgan fingerprint density at radius 1 is 1.17 bits per heavy atom. The van der Waals surface area contributed by atoms with Crippen LogP contribution < -0.4 is 0 Å². The van der Waals surface area contributed by atoms with Gasteiger partial charge in [-0.15, -0.1) is 0 Å². The highest BCUT2D eigenvalue weighted by Crippen LogP contribution is 2.30. The number of rotatable bonds is 2. The first-order valence-corrected chi connectivity index (χ1v) is 7.91. The highest BCUT2D eigenvalue weighted by atomic mass is 16.4. The van der Waals surface area contributed by atoms with E-state index in [4.69, 9.17) is 0 Å². The Morgan fingerprint density at radius 3 is 2.46 bits per heavy atom. The van der Waals surface area contributed by atoms with Crippen molar-refractivity contribution in [1.82, 2.24) is 14.4 Å². The topological polar surface area (TPSA) is 86.0 Å². The fraction of sp³-hybridized carbons (Fsp3) is 0.412. The van der Waals surface area contributed by atoms with E-state index in [-0.39, 0.29) is 18.2 Å². The minimum Gasteiger partial charge on any atom is -0.508 e. The number of nitrogens with zero attached hydrogens (tertiary/aromatic N) is 3. The van der Waals surface area contributed by atoms with Gasteiger partial charge in [-0.05, 0) is 37.7 Å². The van der Waals surface area contributed by atoms with Gasteiger partial charge in [0.2, 0.25) is 0 Å². The molecule has 0 aliphatic carbocycles. The predicted octanol–water partition coefficient (Wildman–Crippen LogP) is 1.50. The minimum atomic E-state index is -0.965. The van der Waals surface area contributed by atoms with E-state index < -0.39 is 5.97 Å². The maximum atomic E-state index is 13.0. The number of amides is 1. The van der Waals surface area contributed by atoms with Gasteiger partial charge in [0.05, 0.1) is 11.9 Å². The van der Waals surface area contributed by atoms with Crippen LogP contribution >= 0.6 is 0 Å². The van der Waals surface area contributed by atoms with Gasteiger partial charge in [0.25, 0.3) is 0 Å². The quantitative estimate of drug-likeness (QED) is 0.871. The van der Waals surface area contributed by atoms with Crippen molar-refractivity contribution in [1.29, 1.82) is 0 Å². The average Bonchev–Trinajstić information content (AvgIpc) is 2.79. The number of aliphatic carboxylic acids is 1. The Kier molecular flexibility index (Phi) is 4.19. The molecule has 128 valence electrons. The third-order valence-electron chi connectivity index (χ3n) is 4.61. The number of aromatic nitrogens is 1. The van der Waals surface area contributed by atoms with Gasteiger partial charge in [-0.2, -0.15) is 0 Å². The molecule has 1 aliphatic heterocycles. The highest BCUT2D eigenvalue weighted by Gasteiger charge is 2.26. The van der Waals surface area contributed by atoms with E-state index in [0.29, 0.717) is 35.2 Å². The second kappa shape index (κ2) is 6.16. The molecule has 1 saturated heterocycles. The molecule has 0 spiro atoms. The Labute approximate surface area is 139 Å². The van der Waals surface area contributed by atoms with E-state index in [2.05, 4.69) is 4.90 Å². The van der Waals surface area contributed by atoms with Crippen LogP contribution in [0, 0.1) is 6.92 Å². The number of likely N-dealkylation sites (N-methyl/N-ethyl adjacent to an activating group) is 1. The smallest absolute Gasteiger partial charge is 0.328 e. The Bertz CT molecular complexity index is 804. The molecular formula is C17H21N3O4. The summed E-state index contributed by atoms with van der Waals surface area (Å²) in [5, 5.41) is 19.5. The summed E-state index contributed by atoms with van der Waals surface area (Å²) in [4.78, 5) is 28.1. The number of fused-ring (bicyclic) bond motifs is 1. The number of carboxylic acid groups (broad SMARTS) is 1. The lowest BCUT2D eigenvalue weighted by Gasteiger charge is -2.32. The number of phenolic OH excluding ortho intramolecular Hbond substituents is 1. The Hall–Kier alpha value is -2.54. The molecule has 1 aliphatic rings. The number of carboxylic acids is 1. The zero-order chi connectivity index (χ0) is 17.4. The van der Waals surface area contributed by atoms with Crippen LogP contribution in [0.4, 0.5) is 4.79 Å². The Morgan fingerprint density at radius 2 is 1.83 bits per heavy atom. The monoisotopic (exact) mass is 331 g/mol. The second-order valence-corrected chi connectivity index (χ2v) is 6.24. The lowest BCUT2D eigenvalue weighted by Crippen LogP contribution is -2.48. The fourth-order valence-electron chi connectivity index (χ4n) is 3.23. The molecule has 7 heteroatoms. The van der Waals surface area contributed by atoms with Crippen LogP contribution in [0.2, 0.25) is 0 Å². The van der Waals surface area contributed by atoms with E-state index in [9.17, 15) is 19.8 Å². The van der Waals surface area contributed by atoms with Crippen LogP contribution in [0.1, 0.15) is 11.3 Å². The number of phenols is 1. The van der Waals surface area contributed by atoms with E-state index in [1.54, 1.807) is 22.5 Å². The van der Waals surface area contributed by atoms with Crippen LogP contribution in [0.3, 0.4) is 0 Å². The number of aromatic hydroxyl groups is 1. The van der Waals surface area contributed by atoms with Gasteiger partial charge in [-0.25, -0.2) is 4.79 Å². The molecule has 1 amide bonds. The summed E-state index contributed by atoms with van der Waals surface area (Å²) in [5.74, 6) is -0.911. The molecule has 0 unspecified atom stereocenters. The maximum absolute atomic E-state index is 13.0. The third-order valence-corrected chi connectivity index (χ3v) is 4.61. The van der Waals surface area contributed by atoms with Crippen molar-refractivity contribution in [3.63, 3.8) is 0 Å². The first-order chi connectivity index (χ1) is 11.4. The van der Waals surface area contributed by atoms with Crippen molar-refractivity contribution in [2.45, 2.75) is 13.3 Å². The summed E-state index contributed by atoms with van der Waals surface area (Å²) < 4.78 is 1.57. The first kappa shape index (κ1) is 16.3. The van der Waals surface area contributed by atoms with Gasteiger partial charge in [0.15, 0.2) is 0 Å². The molecule has 2 heterocycles. The number of hydrogen-bond donors (Lipinski definition) is 2. The summed E-state index contributed by atoms with van der Waals surface area (Å²) in [7, 11) is 2.02. The summed E-state index contributed by atoms with van der Waals surface area (Å²) in [6.45, 7) is 4.66. The van der Waals surface area contributed by atoms with Gasteiger partial charge >= 0.3 is 12.0 Å². The lowest BCUT2D eigenvalue weighted by atomic mass is 10.1. The van der Waals surface area contributed by atoms with E-state index >= 15 is 0 Å². The first-order valence-electron chi connectivity index (χ1n) is 7.91. The van der Waals surface area contributed by atoms with Crippen LogP contribution in [-0.4, -0.2) is 69.8 Å². The maximum Gasteiger partial charge on any atom is 0.328 e. The summed E-state index contributed by atoms with van der Waals surface area (Å²) in [6.07, 6.45) is -0.186. The van der Waals surface area contributed by atoms with Crippen LogP contribution in [0.25, 0.3) is 10.9 Å². The molecule has 0 radical (unpaired) electrons. The van der Waals surface area contributed by atoms with Gasteiger partial charge in [-0.1, -0.05) is 0 Å². The minimum absolute atomic E-state index is 0.0540. The molecule has 2 aromatic rings. The standard InChI is InChI=1S/C17H21N3O4/c1-11-13(10-16(22)23)14-9-12(21)3-4-15(14)20(11)17(24)19-7-5-18(2)6-8-19/h3-4,9,21H,5-8,10H2,1-2H3,(H,22,23). The summed E-state index contributed by atoms with van der Waals surface area (Å²) >= 11 is 0. The number of hydrogen-bond acceptors (Lipinski definition) is 4. The Balaban J connectivity index is 2.08. The van der Waals surface area contributed by atoms with E-state index in [0.717, 1.165) is 13.1 Å². The van der Waals surface area contributed by atoms with Crippen molar-refractivity contribution in [3.05, 3.63) is 29.5 Å². The van der Waals surface area contributed by atoms with Crippen LogP contribution in [0.5, 0.6) is 5.75 Å². The molecule has 2 N–H and O–H groups in total. The van der Waals surface area contributed by atoms with Crippen molar-refractivity contribution >= 4 is 22.9 Å². The molecule has 0 atom stereocenters. The molecule has 1 fully saturated rings. The van der Waals surface area contributed by atoms with Gasteiger partial charge in [-0.3, -0.25) is 9.36 Å². The normalized spacial score (nSPS) is 15.8. The zero-order valence-electron chi connectivity index (χ0n) is 13.8. The molecule has 3 rings (SSSR count).